The Morgan fingerprint density at radius 2 is 2.00 bits per heavy atom. The highest BCUT2D eigenvalue weighted by atomic mass is 32.2. The summed E-state index contributed by atoms with van der Waals surface area (Å²) in [6, 6.07) is 13.8. The van der Waals surface area contributed by atoms with Crippen molar-refractivity contribution in [2.75, 3.05) is 12.9 Å². The second-order valence-corrected chi connectivity index (χ2v) is 6.30. The Bertz CT molecular complexity index is 883. The lowest BCUT2D eigenvalue weighted by Crippen LogP contribution is -2.24. The molecule has 0 aliphatic rings. The van der Waals surface area contributed by atoms with E-state index >= 15 is 0 Å². The van der Waals surface area contributed by atoms with Crippen LogP contribution >= 0.6 is 11.8 Å². The fraction of sp³-hybridized carbons (Fsp3) is 0.167. The van der Waals surface area contributed by atoms with E-state index in [2.05, 4.69) is 20.5 Å². The minimum atomic E-state index is -0.377. The van der Waals surface area contributed by atoms with Crippen molar-refractivity contribution >= 4 is 17.7 Å². The molecule has 3 rings (SSSR count). The minimum Gasteiger partial charge on any atom is -0.497 e. The Kier molecular flexibility index (Phi) is 5.85. The molecule has 26 heavy (non-hydrogen) atoms. The molecule has 0 saturated carbocycles. The topological polar surface area (TPSA) is 79.9 Å². The Balaban J connectivity index is 1.49. The van der Waals surface area contributed by atoms with Crippen molar-refractivity contribution in [1.29, 1.82) is 0 Å². The van der Waals surface area contributed by atoms with Crippen LogP contribution in [-0.4, -0.2) is 34.0 Å². The minimum absolute atomic E-state index is 0.136. The summed E-state index contributed by atoms with van der Waals surface area (Å²) in [5, 5.41) is 9.92. The fourth-order valence-electron chi connectivity index (χ4n) is 2.21. The number of amides is 1. The second-order valence-electron chi connectivity index (χ2n) is 5.36. The van der Waals surface area contributed by atoms with E-state index in [4.69, 9.17) is 4.74 Å². The van der Waals surface area contributed by atoms with E-state index in [9.17, 15) is 9.18 Å². The third kappa shape index (κ3) is 4.60. The summed E-state index contributed by atoms with van der Waals surface area (Å²) in [6.07, 6.45) is 0. The molecule has 0 saturated heterocycles. The maximum Gasteiger partial charge on any atom is 0.230 e. The molecular formula is C18H17FN4O2S. The molecule has 3 aromatic rings. The maximum absolute atomic E-state index is 13.7. The van der Waals surface area contributed by atoms with E-state index < -0.39 is 0 Å². The lowest BCUT2D eigenvalue weighted by Gasteiger charge is -2.05. The van der Waals surface area contributed by atoms with Crippen molar-refractivity contribution in [3.05, 3.63) is 59.9 Å². The highest BCUT2D eigenvalue weighted by Gasteiger charge is 2.11. The first-order valence-electron chi connectivity index (χ1n) is 7.85. The number of aromatic nitrogens is 3. The maximum atomic E-state index is 13.7. The molecule has 0 bridgehead atoms. The standard InChI is InChI=1S/C18H17FN4O2S/c1-25-13-8-6-12(7-9-13)10-20-16(24)11-26-18-21-17(22-23-18)14-4-2-3-5-15(14)19/h2-9H,10-11H2,1H3,(H,20,24)(H,21,22,23). The number of rotatable bonds is 7. The number of thioether (sulfide) groups is 1. The molecule has 0 unspecified atom stereocenters. The van der Waals surface area contributed by atoms with E-state index in [1.165, 1.54) is 17.8 Å². The predicted octanol–water partition coefficient (Wildman–Crippen LogP) is 3.03. The van der Waals surface area contributed by atoms with Crippen molar-refractivity contribution < 1.29 is 13.9 Å². The van der Waals surface area contributed by atoms with E-state index in [1.807, 2.05) is 24.3 Å². The highest BCUT2D eigenvalue weighted by molar-refractivity contribution is 7.99. The molecule has 0 aliphatic carbocycles. The van der Waals surface area contributed by atoms with Crippen LogP contribution < -0.4 is 10.1 Å². The number of hydrogen-bond donors (Lipinski definition) is 2. The summed E-state index contributed by atoms with van der Waals surface area (Å²) in [6.45, 7) is 0.428. The number of aromatic amines is 1. The first-order valence-corrected chi connectivity index (χ1v) is 8.84. The monoisotopic (exact) mass is 372 g/mol. The van der Waals surface area contributed by atoms with Gasteiger partial charge < -0.3 is 10.1 Å². The molecular weight excluding hydrogens is 355 g/mol. The quantitative estimate of drug-likeness (QED) is 0.623. The van der Waals surface area contributed by atoms with Gasteiger partial charge in [-0.1, -0.05) is 36.0 Å². The molecule has 0 atom stereocenters. The average Bonchev–Trinajstić information content (AvgIpc) is 3.14. The summed E-state index contributed by atoms with van der Waals surface area (Å²) in [5.41, 5.74) is 1.32. The van der Waals surface area contributed by atoms with Crippen molar-refractivity contribution in [2.24, 2.45) is 0 Å². The first-order chi connectivity index (χ1) is 12.7. The number of halogens is 1. The van der Waals surface area contributed by atoms with Gasteiger partial charge in [0.1, 0.15) is 11.6 Å². The second kappa shape index (κ2) is 8.48. The molecule has 6 nitrogen and oxygen atoms in total. The number of carbonyl (C=O) groups is 1. The van der Waals surface area contributed by atoms with Crippen LogP contribution in [0, 0.1) is 5.82 Å². The SMILES string of the molecule is COc1ccc(CNC(=O)CSc2n[nH]c(-c3ccccc3F)n2)cc1. The van der Waals surface area contributed by atoms with Crippen molar-refractivity contribution in [1.82, 2.24) is 20.5 Å². The molecule has 0 radical (unpaired) electrons. The van der Waals surface area contributed by atoms with Crippen LogP contribution in [0.2, 0.25) is 0 Å². The molecule has 2 aromatic carbocycles. The summed E-state index contributed by atoms with van der Waals surface area (Å²) < 4.78 is 18.8. The number of hydrogen-bond acceptors (Lipinski definition) is 5. The Labute approximate surface area is 154 Å². The zero-order valence-corrected chi connectivity index (χ0v) is 14.8. The lowest BCUT2D eigenvalue weighted by molar-refractivity contribution is -0.118. The van der Waals surface area contributed by atoms with Crippen LogP contribution in [0.5, 0.6) is 5.75 Å². The van der Waals surface area contributed by atoms with Gasteiger partial charge in [-0.2, -0.15) is 0 Å². The first kappa shape index (κ1) is 17.9. The van der Waals surface area contributed by atoms with Crippen molar-refractivity contribution in [3.8, 4) is 17.1 Å². The molecule has 0 fully saturated rings. The number of H-pyrrole nitrogens is 1. The zero-order valence-electron chi connectivity index (χ0n) is 14.0. The van der Waals surface area contributed by atoms with Crippen LogP contribution in [-0.2, 0) is 11.3 Å². The number of methoxy groups -OCH3 is 1. The number of nitrogens with one attached hydrogen (secondary N) is 2. The highest BCUT2D eigenvalue weighted by Crippen LogP contribution is 2.21. The van der Waals surface area contributed by atoms with Crippen LogP contribution in [0.25, 0.3) is 11.4 Å². The summed E-state index contributed by atoms with van der Waals surface area (Å²) >= 11 is 1.18. The Hall–Kier alpha value is -2.87. The van der Waals surface area contributed by atoms with Gasteiger partial charge in [0.05, 0.1) is 18.4 Å². The number of nitrogens with zero attached hydrogens (tertiary/aromatic N) is 2. The van der Waals surface area contributed by atoms with E-state index in [0.29, 0.717) is 23.1 Å². The average molecular weight is 372 g/mol. The largest absolute Gasteiger partial charge is 0.497 e. The van der Waals surface area contributed by atoms with Crippen molar-refractivity contribution in [3.63, 3.8) is 0 Å². The number of benzene rings is 2. The van der Waals surface area contributed by atoms with E-state index in [0.717, 1.165) is 11.3 Å². The predicted molar refractivity (Wildman–Crippen MR) is 97.3 cm³/mol. The third-order valence-corrected chi connectivity index (χ3v) is 4.42. The van der Waals surface area contributed by atoms with Crippen LogP contribution in [0.15, 0.2) is 53.7 Å². The van der Waals surface area contributed by atoms with Crippen LogP contribution in [0.1, 0.15) is 5.56 Å². The summed E-state index contributed by atoms with van der Waals surface area (Å²) in [4.78, 5) is 16.2. The fourth-order valence-corrected chi connectivity index (χ4v) is 2.84. The van der Waals surface area contributed by atoms with Gasteiger partial charge in [0, 0.05) is 6.54 Å². The van der Waals surface area contributed by atoms with E-state index in [1.54, 1.807) is 25.3 Å². The molecule has 0 spiro atoms. The molecule has 1 aromatic heterocycles. The molecule has 1 heterocycles. The van der Waals surface area contributed by atoms with Gasteiger partial charge in [-0.15, -0.1) is 5.10 Å². The smallest absolute Gasteiger partial charge is 0.230 e. The van der Waals surface area contributed by atoms with Gasteiger partial charge in [0.15, 0.2) is 5.82 Å². The van der Waals surface area contributed by atoms with Gasteiger partial charge in [0.2, 0.25) is 11.1 Å². The molecule has 8 heteroatoms. The van der Waals surface area contributed by atoms with E-state index in [-0.39, 0.29) is 17.5 Å². The Morgan fingerprint density at radius 1 is 1.23 bits per heavy atom. The Morgan fingerprint density at radius 3 is 2.73 bits per heavy atom. The molecule has 2 N–H and O–H groups in total. The summed E-state index contributed by atoms with van der Waals surface area (Å²) in [7, 11) is 1.61. The number of ether oxygens (including phenoxy) is 1. The normalized spacial score (nSPS) is 10.5. The van der Waals surface area contributed by atoms with Crippen LogP contribution in [0.4, 0.5) is 4.39 Å². The molecule has 0 aliphatic heterocycles. The molecule has 134 valence electrons. The van der Waals surface area contributed by atoms with Crippen molar-refractivity contribution in [2.45, 2.75) is 11.7 Å². The zero-order chi connectivity index (χ0) is 18.4. The van der Waals surface area contributed by atoms with Gasteiger partial charge in [-0.25, -0.2) is 9.37 Å². The van der Waals surface area contributed by atoms with Crippen LogP contribution in [0.3, 0.4) is 0 Å². The van der Waals surface area contributed by atoms with Gasteiger partial charge in [-0.3, -0.25) is 9.89 Å². The third-order valence-electron chi connectivity index (χ3n) is 3.57. The van der Waals surface area contributed by atoms with Gasteiger partial charge in [0.25, 0.3) is 0 Å². The van der Waals surface area contributed by atoms with Gasteiger partial charge in [-0.05, 0) is 29.8 Å². The summed E-state index contributed by atoms with van der Waals surface area (Å²) in [5.74, 6) is 0.765. The lowest BCUT2D eigenvalue weighted by atomic mass is 10.2. The molecule has 1 amide bonds. The van der Waals surface area contributed by atoms with Gasteiger partial charge >= 0.3 is 0 Å². The number of carbonyl (C=O) groups excluding carboxylic acids is 1.